The van der Waals surface area contributed by atoms with E-state index in [1.807, 2.05) is 12.3 Å². The third kappa shape index (κ3) is 3.24. The van der Waals surface area contributed by atoms with Crippen molar-refractivity contribution in [1.29, 1.82) is 0 Å². The molecule has 0 radical (unpaired) electrons. The molecule has 2 aromatic heterocycles. The Labute approximate surface area is 142 Å². The molecular formula is C16H15ClN2O3S. The molecule has 7 heteroatoms. The van der Waals surface area contributed by atoms with E-state index in [0.29, 0.717) is 40.6 Å². The van der Waals surface area contributed by atoms with Gasteiger partial charge in [-0.2, -0.15) is 0 Å². The van der Waals surface area contributed by atoms with Gasteiger partial charge in [0, 0.05) is 29.6 Å². The van der Waals surface area contributed by atoms with Gasteiger partial charge < -0.3 is 14.6 Å². The number of hydrogen-bond acceptors (Lipinski definition) is 6. The Morgan fingerprint density at radius 1 is 1.26 bits per heavy atom. The van der Waals surface area contributed by atoms with Crippen LogP contribution in [0.5, 0.6) is 11.5 Å². The minimum Gasteiger partial charge on any atom is -0.507 e. The van der Waals surface area contributed by atoms with E-state index in [4.69, 9.17) is 21.1 Å². The molecule has 0 saturated carbocycles. The number of ether oxygens (including phenoxy) is 2. The van der Waals surface area contributed by atoms with Crippen LogP contribution in [0.4, 0.5) is 0 Å². The molecule has 0 aliphatic carbocycles. The molecule has 0 spiro atoms. The Hall–Kier alpha value is -1.89. The van der Waals surface area contributed by atoms with Crippen molar-refractivity contribution in [2.45, 2.75) is 6.92 Å². The number of hydrogen-bond donors (Lipinski definition) is 1. The molecule has 0 aliphatic rings. The predicted molar refractivity (Wildman–Crippen MR) is 91.6 cm³/mol. The van der Waals surface area contributed by atoms with Crippen molar-refractivity contribution >= 4 is 33.8 Å². The molecule has 1 N–H and O–H groups in total. The number of rotatable bonds is 5. The Balaban J connectivity index is 2.07. The summed E-state index contributed by atoms with van der Waals surface area (Å²) in [4.78, 5) is 8.95. The maximum absolute atomic E-state index is 10.3. The molecule has 120 valence electrons. The van der Waals surface area contributed by atoms with Crippen molar-refractivity contribution in [2.75, 3.05) is 20.3 Å². The van der Waals surface area contributed by atoms with Crippen molar-refractivity contribution < 1.29 is 14.6 Å². The summed E-state index contributed by atoms with van der Waals surface area (Å²) in [5, 5.41) is 13.9. The van der Waals surface area contributed by atoms with Crippen LogP contribution in [0.1, 0.15) is 5.69 Å². The van der Waals surface area contributed by atoms with Crippen molar-refractivity contribution in [3.8, 4) is 22.2 Å². The molecule has 23 heavy (non-hydrogen) atoms. The Bertz CT molecular complexity index is 851. The normalized spacial score (nSPS) is 11.1. The Morgan fingerprint density at radius 3 is 2.78 bits per heavy atom. The van der Waals surface area contributed by atoms with Crippen molar-refractivity contribution in [3.63, 3.8) is 0 Å². The molecule has 0 aliphatic heterocycles. The maximum Gasteiger partial charge on any atom is 0.142 e. The predicted octanol–water partition coefficient (Wildman–Crippen LogP) is 4.05. The second-order valence-electron chi connectivity index (χ2n) is 4.94. The number of fused-ring (bicyclic) bond motifs is 1. The molecule has 0 amide bonds. The van der Waals surface area contributed by atoms with Crippen LogP contribution in [-0.4, -0.2) is 35.4 Å². The number of aryl methyl sites for hydroxylation is 1. The lowest BCUT2D eigenvalue weighted by Crippen LogP contribution is -2.04. The fraction of sp³-hybridized carbons (Fsp3) is 0.250. The highest BCUT2D eigenvalue weighted by Gasteiger charge is 2.15. The molecule has 0 saturated heterocycles. The van der Waals surface area contributed by atoms with Crippen LogP contribution >= 0.6 is 22.9 Å². The third-order valence-corrected chi connectivity index (χ3v) is 4.59. The number of methoxy groups -OCH3 is 1. The fourth-order valence-electron chi connectivity index (χ4n) is 2.15. The van der Waals surface area contributed by atoms with Gasteiger partial charge in [-0.1, -0.05) is 11.6 Å². The van der Waals surface area contributed by atoms with Gasteiger partial charge in [-0.3, -0.25) is 0 Å². The molecule has 5 nitrogen and oxygen atoms in total. The minimum atomic E-state index is 0.114. The number of aromatic nitrogens is 2. The zero-order chi connectivity index (χ0) is 16.4. The molecule has 0 fully saturated rings. The van der Waals surface area contributed by atoms with E-state index >= 15 is 0 Å². The van der Waals surface area contributed by atoms with Gasteiger partial charge in [0.05, 0.1) is 12.1 Å². The zero-order valence-electron chi connectivity index (χ0n) is 12.7. The highest BCUT2D eigenvalue weighted by molar-refractivity contribution is 7.13. The van der Waals surface area contributed by atoms with E-state index in [0.717, 1.165) is 10.7 Å². The van der Waals surface area contributed by atoms with Crippen molar-refractivity contribution in [3.05, 3.63) is 34.3 Å². The fourth-order valence-corrected chi connectivity index (χ4v) is 3.17. The molecule has 2 heterocycles. The first-order chi connectivity index (χ1) is 11.1. The number of halogens is 1. The van der Waals surface area contributed by atoms with Gasteiger partial charge in [0.2, 0.25) is 0 Å². The van der Waals surface area contributed by atoms with Crippen LogP contribution in [-0.2, 0) is 4.74 Å². The summed E-state index contributed by atoms with van der Waals surface area (Å²) in [5.41, 5.74) is 1.99. The molecule has 0 atom stereocenters. The molecule has 1 aromatic carbocycles. The standard InChI is InChI=1S/C16H15ClN2O3S/c1-9-8-23-16(18-9)11-7-12(20)10-3-4-13(22-6-5-21-2)14(17)15(10)19-11/h3-4,7-8H,5-6H2,1-2H3,(H,19,20). The maximum atomic E-state index is 10.3. The number of thiazole rings is 1. The highest BCUT2D eigenvalue weighted by atomic mass is 35.5. The summed E-state index contributed by atoms with van der Waals surface area (Å²) in [6.45, 7) is 2.76. The Kier molecular flexibility index (Phi) is 4.66. The van der Waals surface area contributed by atoms with Gasteiger partial charge in [0.1, 0.15) is 33.8 Å². The molecule has 0 bridgehead atoms. The smallest absolute Gasteiger partial charge is 0.142 e. The van der Waals surface area contributed by atoms with Crippen molar-refractivity contribution in [1.82, 2.24) is 9.97 Å². The summed E-state index contributed by atoms with van der Waals surface area (Å²) in [6.07, 6.45) is 0. The van der Waals surface area contributed by atoms with E-state index in [1.54, 1.807) is 25.3 Å². The highest BCUT2D eigenvalue weighted by Crippen LogP contribution is 2.38. The molecule has 3 rings (SSSR count). The second kappa shape index (κ2) is 6.70. The molecule has 0 unspecified atom stereocenters. The van der Waals surface area contributed by atoms with Crippen LogP contribution in [0, 0.1) is 6.92 Å². The first kappa shape index (κ1) is 16.0. The average molecular weight is 351 g/mol. The lowest BCUT2D eigenvalue weighted by Gasteiger charge is -2.11. The largest absolute Gasteiger partial charge is 0.507 e. The summed E-state index contributed by atoms with van der Waals surface area (Å²) >= 11 is 7.87. The zero-order valence-corrected chi connectivity index (χ0v) is 14.2. The third-order valence-electron chi connectivity index (χ3n) is 3.25. The van der Waals surface area contributed by atoms with E-state index in [9.17, 15) is 5.11 Å². The van der Waals surface area contributed by atoms with E-state index in [-0.39, 0.29) is 5.75 Å². The summed E-state index contributed by atoms with van der Waals surface area (Å²) < 4.78 is 10.5. The SMILES string of the molecule is COCCOc1ccc2c(O)cc(-c3nc(C)cs3)nc2c1Cl. The van der Waals surface area contributed by atoms with Gasteiger partial charge in [-0.25, -0.2) is 9.97 Å². The molecular weight excluding hydrogens is 336 g/mol. The van der Waals surface area contributed by atoms with Crippen LogP contribution in [0.15, 0.2) is 23.6 Å². The second-order valence-corrected chi connectivity index (χ2v) is 6.17. The first-order valence-corrected chi connectivity index (χ1v) is 8.22. The monoisotopic (exact) mass is 350 g/mol. The first-order valence-electron chi connectivity index (χ1n) is 6.96. The number of benzene rings is 1. The Morgan fingerprint density at radius 2 is 2.09 bits per heavy atom. The van der Waals surface area contributed by atoms with E-state index in [2.05, 4.69) is 9.97 Å². The van der Waals surface area contributed by atoms with Crippen LogP contribution < -0.4 is 4.74 Å². The van der Waals surface area contributed by atoms with E-state index in [1.165, 1.54) is 11.3 Å². The quantitative estimate of drug-likeness (QED) is 0.703. The summed E-state index contributed by atoms with van der Waals surface area (Å²) in [5.74, 6) is 0.624. The van der Waals surface area contributed by atoms with Crippen LogP contribution in [0.3, 0.4) is 0 Å². The summed E-state index contributed by atoms with van der Waals surface area (Å²) in [6, 6.07) is 5.06. The van der Waals surface area contributed by atoms with Gasteiger partial charge in [-0.15, -0.1) is 11.3 Å². The van der Waals surface area contributed by atoms with Gasteiger partial charge in [0.25, 0.3) is 0 Å². The minimum absolute atomic E-state index is 0.114. The summed E-state index contributed by atoms with van der Waals surface area (Å²) in [7, 11) is 1.60. The average Bonchev–Trinajstić information content (AvgIpc) is 2.96. The van der Waals surface area contributed by atoms with Gasteiger partial charge in [0.15, 0.2) is 0 Å². The van der Waals surface area contributed by atoms with Crippen LogP contribution in [0.2, 0.25) is 5.02 Å². The number of aromatic hydroxyl groups is 1. The number of nitrogens with zero attached hydrogens (tertiary/aromatic N) is 2. The number of pyridine rings is 1. The topological polar surface area (TPSA) is 64.5 Å². The lowest BCUT2D eigenvalue weighted by atomic mass is 10.1. The van der Waals surface area contributed by atoms with E-state index < -0.39 is 0 Å². The van der Waals surface area contributed by atoms with Gasteiger partial charge in [-0.05, 0) is 19.1 Å². The lowest BCUT2D eigenvalue weighted by molar-refractivity contribution is 0.146. The van der Waals surface area contributed by atoms with Crippen molar-refractivity contribution in [2.24, 2.45) is 0 Å². The molecule has 3 aromatic rings. The van der Waals surface area contributed by atoms with Gasteiger partial charge >= 0.3 is 0 Å². The van der Waals surface area contributed by atoms with Crippen LogP contribution in [0.25, 0.3) is 21.6 Å².